The van der Waals surface area contributed by atoms with Gasteiger partial charge in [0.2, 0.25) is 0 Å². The summed E-state index contributed by atoms with van der Waals surface area (Å²) in [7, 11) is -2.71. The molecule has 2 fully saturated rings. The highest BCUT2D eigenvalue weighted by molar-refractivity contribution is 7.91. The molecule has 2 aliphatic rings. The summed E-state index contributed by atoms with van der Waals surface area (Å²) in [4.78, 5) is 0. The lowest BCUT2D eigenvalue weighted by atomic mass is 10.1. The fourth-order valence-electron chi connectivity index (χ4n) is 1.67. The highest BCUT2D eigenvalue weighted by atomic mass is 32.2. The first-order valence-electron chi connectivity index (χ1n) is 4.33. The molecule has 0 aromatic rings. The molecule has 2 aliphatic heterocycles. The van der Waals surface area contributed by atoms with Gasteiger partial charge in [0.15, 0.2) is 9.84 Å². The van der Waals surface area contributed by atoms with Crippen LogP contribution in [0.25, 0.3) is 0 Å². The molecule has 2 rings (SSSR count). The second kappa shape index (κ2) is 2.97. The van der Waals surface area contributed by atoms with Gasteiger partial charge in [-0.1, -0.05) is 0 Å². The summed E-state index contributed by atoms with van der Waals surface area (Å²) in [5, 5.41) is 6.47. The van der Waals surface area contributed by atoms with Gasteiger partial charge >= 0.3 is 0 Å². The van der Waals surface area contributed by atoms with E-state index in [0.29, 0.717) is 17.5 Å². The minimum atomic E-state index is -2.71. The maximum Gasteiger partial charge on any atom is 0.151 e. The van der Waals surface area contributed by atoms with Crippen LogP contribution in [-0.4, -0.2) is 45.1 Å². The molecule has 4 nitrogen and oxygen atoms in total. The van der Waals surface area contributed by atoms with Gasteiger partial charge in [0.05, 0.1) is 11.5 Å². The van der Waals surface area contributed by atoms with Crippen LogP contribution in [0.3, 0.4) is 0 Å². The van der Waals surface area contributed by atoms with Crippen LogP contribution in [0, 0.1) is 0 Å². The van der Waals surface area contributed by atoms with E-state index in [1.54, 1.807) is 0 Å². The summed E-state index contributed by atoms with van der Waals surface area (Å²) in [6.45, 7) is 1.97. The van der Waals surface area contributed by atoms with Crippen LogP contribution in [0.5, 0.6) is 0 Å². The predicted octanol–water partition coefficient (Wildman–Crippen LogP) is -1.27. The molecule has 0 spiro atoms. The SMILES string of the molecule is O=S1(=O)CCC(NC2CNC2)C1. The van der Waals surface area contributed by atoms with Crippen molar-refractivity contribution >= 4 is 9.84 Å². The van der Waals surface area contributed by atoms with E-state index in [1.165, 1.54) is 0 Å². The van der Waals surface area contributed by atoms with Gasteiger partial charge in [-0.25, -0.2) is 8.42 Å². The summed E-state index contributed by atoms with van der Waals surface area (Å²) in [5.41, 5.74) is 0. The lowest BCUT2D eigenvalue weighted by Gasteiger charge is -2.30. The van der Waals surface area contributed by atoms with Crippen molar-refractivity contribution in [2.45, 2.75) is 18.5 Å². The molecule has 0 aliphatic carbocycles. The minimum absolute atomic E-state index is 0.210. The lowest BCUT2D eigenvalue weighted by Crippen LogP contribution is -2.58. The summed E-state index contributed by atoms with van der Waals surface area (Å²) in [5.74, 6) is 0.703. The fraction of sp³-hybridized carbons (Fsp3) is 1.00. The summed E-state index contributed by atoms with van der Waals surface area (Å²) >= 11 is 0. The Hall–Kier alpha value is -0.130. The highest BCUT2D eigenvalue weighted by Crippen LogP contribution is 2.12. The third-order valence-corrected chi connectivity index (χ3v) is 4.25. The second-order valence-electron chi connectivity index (χ2n) is 3.62. The van der Waals surface area contributed by atoms with E-state index in [1.807, 2.05) is 0 Å². The molecule has 12 heavy (non-hydrogen) atoms. The third-order valence-electron chi connectivity index (χ3n) is 2.49. The average Bonchev–Trinajstić information content (AvgIpc) is 2.21. The molecular formula is C7H14N2O2S. The van der Waals surface area contributed by atoms with Crippen LogP contribution in [0.4, 0.5) is 0 Å². The Kier molecular flexibility index (Phi) is 2.10. The van der Waals surface area contributed by atoms with Crippen LogP contribution in [0.1, 0.15) is 6.42 Å². The Balaban J connectivity index is 1.83. The largest absolute Gasteiger partial charge is 0.314 e. The van der Waals surface area contributed by atoms with E-state index in [4.69, 9.17) is 0 Å². The zero-order chi connectivity index (χ0) is 8.60. The second-order valence-corrected chi connectivity index (χ2v) is 5.85. The van der Waals surface area contributed by atoms with Crippen molar-refractivity contribution in [3.8, 4) is 0 Å². The smallest absolute Gasteiger partial charge is 0.151 e. The first-order chi connectivity index (χ1) is 5.66. The average molecular weight is 190 g/mol. The number of sulfone groups is 1. The number of hydrogen-bond acceptors (Lipinski definition) is 4. The van der Waals surface area contributed by atoms with Gasteiger partial charge in [0.25, 0.3) is 0 Å². The van der Waals surface area contributed by atoms with E-state index in [0.717, 1.165) is 19.5 Å². The predicted molar refractivity (Wildman–Crippen MR) is 46.9 cm³/mol. The molecule has 0 radical (unpaired) electrons. The molecule has 0 aromatic carbocycles. The van der Waals surface area contributed by atoms with Crippen LogP contribution < -0.4 is 10.6 Å². The normalized spacial score (nSPS) is 34.8. The monoisotopic (exact) mass is 190 g/mol. The van der Waals surface area contributed by atoms with Crippen molar-refractivity contribution in [1.82, 2.24) is 10.6 Å². The van der Waals surface area contributed by atoms with Gasteiger partial charge in [-0.2, -0.15) is 0 Å². The van der Waals surface area contributed by atoms with Crippen LogP contribution in [-0.2, 0) is 9.84 Å². The number of rotatable bonds is 2. The van der Waals surface area contributed by atoms with Crippen molar-refractivity contribution in [2.24, 2.45) is 0 Å². The Morgan fingerprint density at radius 2 is 2.00 bits per heavy atom. The van der Waals surface area contributed by atoms with E-state index in [-0.39, 0.29) is 6.04 Å². The fourth-order valence-corrected chi connectivity index (χ4v) is 3.35. The zero-order valence-corrected chi connectivity index (χ0v) is 7.73. The topological polar surface area (TPSA) is 58.2 Å². The van der Waals surface area contributed by atoms with Crippen LogP contribution in [0.2, 0.25) is 0 Å². The maximum absolute atomic E-state index is 11.1. The standard InChI is InChI=1S/C7H14N2O2S/c10-12(11)2-1-6(5-12)9-7-3-8-4-7/h6-9H,1-5H2. The van der Waals surface area contributed by atoms with Crippen molar-refractivity contribution < 1.29 is 8.42 Å². The number of nitrogens with one attached hydrogen (secondary N) is 2. The molecule has 0 aromatic heterocycles. The Labute approximate surface area is 72.6 Å². The van der Waals surface area contributed by atoms with E-state index in [2.05, 4.69) is 10.6 Å². The van der Waals surface area contributed by atoms with Gasteiger partial charge in [-0.3, -0.25) is 0 Å². The van der Waals surface area contributed by atoms with E-state index >= 15 is 0 Å². The molecule has 0 amide bonds. The number of hydrogen-bond donors (Lipinski definition) is 2. The Morgan fingerprint density at radius 3 is 2.42 bits per heavy atom. The first-order valence-corrected chi connectivity index (χ1v) is 6.15. The lowest BCUT2D eigenvalue weighted by molar-refractivity contribution is 0.337. The van der Waals surface area contributed by atoms with E-state index in [9.17, 15) is 8.42 Å². The van der Waals surface area contributed by atoms with Crippen LogP contribution in [0.15, 0.2) is 0 Å². The first kappa shape index (κ1) is 8.47. The van der Waals surface area contributed by atoms with Crippen LogP contribution >= 0.6 is 0 Å². The Bertz CT molecular complexity index is 259. The molecule has 1 atom stereocenters. The summed E-state index contributed by atoms with van der Waals surface area (Å²) in [6, 6.07) is 0.713. The van der Waals surface area contributed by atoms with Gasteiger partial charge in [0, 0.05) is 25.2 Å². The summed E-state index contributed by atoms with van der Waals surface area (Å²) < 4.78 is 22.1. The van der Waals surface area contributed by atoms with Gasteiger partial charge in [-0.05, 0) is 6.42 Å². The molecule has 2 saturated heterocycles. The van der Waals surface area contributed by atoms with Crippen molar-refractivity contribution in [3.05, 3.63) is 0 Å². The zero-order valence-electron chi connectivity index (χ0n) is 6.91. The van der Waals surface area contributed by atoms with Crippen molar-refractivity contribution in [1.29, 1.82) is 0 Å². The molecule has 1 unspecified atom stereocenters. The van der Waals surface area contributed by atoms with E-state index < -0.39 is 9.84 Å². The molecule has 0 saturated carbocycles. The van der Waals surface area contributed by atoms with Crippen molar-refractivity contribution in [3.63, 3.8) is 0 Å². The molecule has 70 valence electrons. The third kappa shape index (κ3) is 1.78. The molecule has 0 bridgehead atoms. The molecular weight excluding hydrogens is 176 g/mol. The van der Waals surface area contributed by atoms with Gasteiger partial charge in [0.1, 0.15) is 0 Å². The van der Waals surface area contributed by atoms with Gasteiger partial charge in [-0.15, -0.1) is 0 Å². The minimum Gasteiger partial charge on any atom is -0.314 e. The quantitative estimate of drug-likeness (QED) is 0.570. The maximum atomic E-state index is 11.1. The van der Waals surface area contributed by atoms with Gasteiger partial charge < -0.3 is 10.6 Å². The van der Waals surface area contributed by atoms with Crippen molar-refractivity contribution in [2.75, 3.05) is 24.6 Å². The Morgan fingerprint density at radius 1 is 1.25 bits per heavy atom. The highest BCUT2D eigenvalue weighted by Gasteiger charge is 2.30. The molecule has 5 heteroatoms. The molecule has 2 N–H and O–H groups in total. The molecule has 2 heterocycles. The summed E-state index contributed by atoms with van der Waals surface area (Å²) in [6.07, 6.45) is 0.791.